The van der Waals surface area contributed by atoms with Crippen LogP contribution in [-0.2, 0) is 19.1 Å². The van der Waals surface area contributed by atoms with E-state index in [1.54, 1.807) is 0 Å². The minimum Gasteiger partial charge on any atom is -0.466 e. The van der Waals surface area contributed by atoms with Crippen LogP contribution in [0.1, 0.15) is 207 Å². The third-order valence-electron chi connectivity index (χ3n) is 9.20. The van der Waals surface area contributed by atoms with Crippen LogP contribution in [0.5, 0.6) is 0 Å². The Kier molecular flexibility index (Phi) is 35.8. The van der Waals surface area contributed by atoms with E-state index in [0.717, 1.165) is 83.7 Å². The summed E-state index contributed by atoms with van der Waals surface area (Å²) in [6.07, 6.45) is 33.0. The highest BCUT2D eigenvalue weighted by Crippen LogP contribution is 2.18. The van der Waals surface area contributed by atoms with Gasteiger partial charge in [-0.05, 0) is 70.9 Å². The molecule has 46 heavy (non-hydrogen) atoms. The Morgan fingerprint density at radius 1 is 0.500 bits per heavy atom. The first-order valence-corrected chi connectivity index (χ1v) is 20.3. The lowest BCUT2D eigenvalue weighted by Crippen LogP contribution is -2.29. The maximum absolute atomic E-state index is 12.8. The predicted molar refractivity (Wildman–Crippen MR) is 195 cm³/mol. The molecule has 274 valence electrons. The lowest BCUT2D eigenvalue weighted by atomic mass is 10.0. The van der Waals surface area contributed by atoms with Crippen LogP contribution in [0, 0.1) is 0 Å². The number of rotatable bonds is 37. The predicted octanol–water partition coefficient (Wildman–Crippen LogP) is 11.1. The highest BCUT2D eigenvalue weighted by molar-refractivity contribution is 5.69. The second-order valence-corrected chi connectivity index (χ2v) is 13.8. The lowest BCUT2D eigenvalue weighted by molar-refractivity contribution is -0.150. The highest BCUT2D eigenvalue weighted by atomic mass is 16.5. The zero-order valence-electron chi connectivity index (χ0n) is 31.1. The molecular formula is C40H79NO5. The van der Waals surface area contributed by atoms with E-state index in [0.29, 0.717) is 26.0 Å². The van der Waals surface area contributed by atoms with Crippen molar-refractivity contribution in [1.82, 2.24) is 4.90 Å². The van der Waals surface area contributed by atoms with Crippen LogP contribution >= 0.6 is 0 Å². The molecule has 0 saturated heterocycles. The average Bonchev–Trinajstić information content (AvgIpc) is 3.05. The standard InChI is InChI=1S/C40H79NO5/c1-4-7-10-12-14-18-22-29-38(30-23-19-15-13-11-8-5-2)46-40(44)32-25-27-34-41(35-36-42)33-26-21-17-16-20-24-31-39(43)45-37-28-9-6-3/h38,42H,4-37H2,1-3H3. The molecule has 0 aromatic rings. The largest absolute Gasteiger partial charge is 0.466 e. The van der Waals surface area contributed by atoms with Crippen molar-refractivity contribution in [2.45, 2.75) is 213 Å². The first-order valence-electron chi connectivity index (χ1n) is 20.3. The van der Waals surface area contributed by atoms with Crippen molar-refractivity contribution in [2.75, 3.05) is 32.8 Å². The molecule has 6 heteroatoms. The van der Waals surface area contributed by atoms with Gasteiger partial charge in [0.2, 0.25) is 0 Å². The number of aliphatic hydroxyl groups is 1. The van der Waals surface area contributed by atoms with Crippen molar-refractivity contribution in [3.05, 3.63) is 0 Å². The minimum absolute atomic E-state index is 0.0191. The van der Waals surface area contributed by atoms with E-state index < -0.39 is 0 Å². The summed E-state index contributed by atoms with van der Waals surface area (Å²) < 4.78 is 11.3. The fraction of sp³-hybridized carbons (Fsp3) is 0.950. The van der Waals surface area contributed by atoms with Crippen LogP contribution in [0.2, 0.25) is 0 Å². The topological polar surface area (TPSA) is 76.1 Å². The maximum Gasteiger partial charge on any atom is 0.306 e. The fourth-order valence-corrected chi connectivity index (χ4v) is 6.17. The van der Waals surface area contributed by atoms with E-state index in [9.17, 15) is 14.7 Å². The second-order valence-electron chi connectivity index (χ2n) is 13.8. The van der Waals surface area contributed by atoms with Crippen LogP contribution in [0.4, 0.5) is 0 Å². The quantitative estimate of drug-likeness (QED) is 0.0531. The third kappa shape index (κ3) is 32.8. The SMILES string of the molecule is CCCCCCCCCC(CCCCCCCCC)OC(=O)CCCCN(CCO)CCCCCCCCC(=O)OCCCCC. The first kappa shape index (κ1) is 44.9. The van der Waals surface area contributed by atoms with Gasteiger partial charge in [-0.25, -0.2) is 0 Å². The van der Waals surface area contributed by atoms with Gasteiger partial charge in [0.15, 0.2) is 0 Å². The van der Waals surface area contributed by atoms with Crippen LogP contribution in [0.3, 0.4) is 0 Å². The molecule has 0 bridgehead atoms. The molecule has 0 aromatic carbocycles. The van der Waals surface area contributed by atoms with E-state index in [2.05, 4.69) is 25.7 Å². The third-order valence-corrected chi connectivity index (χ3v) is 9.20. The maximum atomic E-state index is 12.8. The molecule has 0 heterocycles. The van der Waals surface area contributed by atoms with Gasteiger partial charge in [0.1, 0.15) is 6.10 Å². The summed E-state index contributed by atoms with van der Waals surface area (Å²) >= 11 is 0. The summed E-state index contributed by atoms with van der Waals surface area (Å²) in [6, 6.07) is 0. The Morgan fingerprint density at radius 3 is 1.46 bits per heavy atom. The monoisotopic (exact) mass is 654 g/mol. The number of esters is 2. The summed E-state index contributed by atoms with van der Waals surface area (Å²) in [5.74, 6) is -0.0646. The molecule has 0 amide bonds. The van der Waals surface area contributed by atoms with E-state index >= 15 is 0 Å². The molecule has 0 radical (unpaired) electrons. The zero-order chi connectivity index (χ0) is 33.8. The summed E-state index contributed by atoms with van der Waals surface area (Å²) in [5, 5.41) is 9.54. The highest BCUT2D eigenvalue weighted by Gasteiger charge is 2.15. The normalized spacial score (nSPS) is 11.5. The van der Waals surface area contributed by atoms with Crippen molar-refractivity contribution >= 4 is 11.9 Å². The van der Waals surface area contributed by atoms with Gasteiger partial charge in [0, 0.05) is 19.4 Å². The smallest absolute Gasteiger partial charge is 0.306 e. The average molecular weight is 654 g/mol. The van der Waals surface area contributed by atoms with E-state index in [4.69, 9.17) is 9.47 Å². The Bertz CT molecular complexity index is 625. The number of nitrogens with zero attached hydrogens (tertiary/aromatic N) is 1. The molecule has 1 N–H and O–H groups in total. The molecule has 0 rings (SSSR count). The minimum atomic E-state index is -0.0455. The van der Waals surface area contributed by atoms with Crippen molar-refractivity contribution < 1.29 is 24.2 Å². The van der Waals surface area contributed by atoms with Gasteiger partial charge in [-0.2, -0.15) is 0 Å². The first-order chi connectivity index (χ1) is 22.6. The molecule has 0 saturated carbocycles. The van der Waals surface area contributed by atoms with Crippen molar-refractivity contribution in [3.63, 3.8) is 0 Å². The number of carbonyl (C=O) groups excluding carboxylic acids is 2. The van der Waals surface area contributed by atoms with Crippen LogP contribution < -0.4 is 0 Å². The number of hydrogen-bond acceptors (Lipinski definition) is 6. The summed E-state index contributed by atoms with van der Waals surface area (Å²) in [4.78, 5) is 26.9. The van der Waals surface area contributed by atoms with Gasteiger partial charge < -0.3 is 19.5 Å². The number of aliphatic hydroxyl groups excluding tert-OH is 1. The molecule has 6 nitrogen and oxygen atoms in total. The Morgan fingerprint density at radius 2 is 0.913 bits per heavy atom. The number of hydrogen-bond donors (Lipinski definition) is 1. The van der Waals surface area contributed by atoms with E-state index in [1.165, 1.54) is 103 Å². The van der Waals surface area contributed by atoms with Gasteiger partial charge in [0.25, 0.3) is 0 Å². The van der Waals surface area contributed by atoms with Crippen LogP contribution in [0.15, 0.2) is 0 Å². The molecule has 0 fully saturated rings. The van der Waals surface area contributed by atoms with Crippen molar-refractivity contribution in [2.24, 2.45) is 0 Å². The molecule has 0 aliphatic carbocycles. The fourth-order valence-electron chi connectivity index (χ4n) is 6.17. The van der Waals surface area contributed by atoms with Gasteiger partial charge in [-0.15, -0.1) is 0 Å². The molecular weight excluding hydrogens is 574 g/mol. The Balaban J connectivity index is 4.15. The summed E-state index contributed by atoms with van der Waals surface area (Å²) in [5.41, 5.74) is 0. The number of unbranched alkanes of at least 4 members (excludes halogenated alkanes) is 20. The van der Waals surface area contributed by atoms with Crippen LogP contribution in [-0.4, -0.2) is 60.9 Å². The Hall–Kier alpha value is -1.14. The molecule has 0 aliphatic heterocycles. The lowest BCUT2D eigenvalue weighted by Gasteiger charge is -2.21. The van der Waals surface area contributed by atoms with E-state index in [1.807, 2.05) is 0 Å². The number of ether oxygens (including phenoxy) is 2. The van der Waals surface area contributed by atoms with Crippen LogP contribution in [0.25, 0.3) is 0 Å². The van der Waals surface area contributed by atoms with Gasteiger partial charge in [-0.3, -0.25) is 9.59 Å². The molecule has 0 aliphatic rings. The molecule has 0 atom stereocenters. The van der Waals surface area contributed by atoms with Gasteiger partial charge >= 0.3 is 11.9 Å². The number of carbonyl (C=O) groups is 2. The molecule has 0 aromatic heterocycles. The Labute approximate surface area is 286 Å². The second kappa shape index (κ2) is 36.7. The summed E-state index contributed by atoms with van der Waals surface area (Å²) in [7, 11) is 0. The van der Waals surface area contributed by atoms with Gasteiger partial charge in [0.05, 0.1) is 13.2 Å². The zero-order valence-corrected chi connectivity index (χ0v) is 31.1. The molecule has 0 spiro atoms. The molecule has 0 unspecified atom stereocenters. The van der Waals surface area contributed by atoms with Gasteiger partial charge in [-0.1, -0.05) is 136 Å². The van der Waals surface area contributed by atoms with Crippen molar-refractivity contribution in [3.8, 4) is 0 Å². The van der Waals surface area contributed by atoms with E-state index in [-0.39, 0.29) is 24.6 Å². The summed E-state index contributed by atoms with van der Waals surface area (Å²) in [6.45, 7) is 10.0. The van der Waals surface area contributed by atoms with Crippen molar-refractivity contribution in [1.29, 1.82) is 0 Å².